The SMILES string of the molecule is CN(C)C(CN=C(N)N)c1c(F)cccc1F. The van der Waals surface area contributed by atoms with E-state index in [9.17, 15) is 8.78 Å². The highest BCUT2D eigenvalue weighted by molar-refractivity contribution is 5.75. The summed E-state index contributed by atoms with van der Waals surface area (Å²) in [6, 6.07) is 3.20. The van der Waals surface area contributed by atoms with Crippen molar-refractivity contribution in [2.75, 3.05) is 20.6 Å². The zero-order chi connectivity index (χ0) is 13.0. The third-order valence-electron chi connectivity index (χ3n) is 2.40. The molecule has 0 aliphatic rings. The Labute approximate surface area is 98.9 Å². The van der Waals surface area contributed by atoms with E-state index in [4.69, 9.17) is 11.5 Å². The minimum absolute atomic E-state index is 0.0255. The van der Waals surface area contributed by atoms with Crippen molar-refractivity contribution in [1.82, 2.24) is 4.90 Å². The number of aliphatic imine (C=N–C) groups is 1. The van der Waals surface area contributed by atoms with Crippen LogP contribution in [0.2, 0.25) is 0 Å². The summed E-state index contributed by atoms with van der Waals surface area (Å²) >= 11 is 0. The molecule has 4 nitrogen and oxygen atoms in total. The largest absolute Gasteiger partial charge is 0.370 e. The average molecular weight is 242 g/mol. The third-order valence-corrected chi connectivity index (χ3v) is 2.40. The number of nitrogens with two attached hydrogens (primary N) is 2. The lowest BCUT2D eigenvalue weighted by molar-refractivity contribution is 0.290. The van der Waals surface area contributed by atoms with Crippen molar-refractivity contribution in [2.24, 2.45) is 16.5 Å². The number of likely N-dealkylation sites (N-methyl/N-ethyl adjacent to an activating group) is 1. The average Bonchev–Trinajstić information content (AvgIpc) is 2.21. The highest BCUT2D eigenvalue weighted by Gasteiger charge is 2.21. The molecule has 1 aromatic rings. The van der Waals surface area contributed by atoms with Gasteiger partial charge in [-0.1, -0.05) is 6.07 Å². The molecule has 17 heavy (non-hydrogen) atoms. The van der Waals surface area contributed by atoms with Gasteiger partial charge in [0, 0.05) is 5.56 Å². The van der Waals surface area contributed by atoms with Crippen LogP contribution >= 0.6 is 0 Å². The van der Waals surface area contributed by atoms with Gasteiger partial charge < -0.3 is 16.4 Å². The lowest BCUT2D eigenvalue weighted by atomic mass is 10.0. The Hall–Kier alpha value is -1.69. The number of rotatable bonds is 4. The van der Waals surface area contributed by atoms with Crippen LogP contribution in [0.5, 0.6) is 0 Å². The Balaban J connectivity index is 3.10. The van der Waals surface area contributed by atoms with Crippen molar-refractivity contribution in [3.05, 3.63) is 35.4 Å². The molecule has 0 amide bonds. The fourth-order valence-corrected chi connectivity index (χ4v) is 1.53. The van der Waals surface area contributed by atoms with Gasteiger partial charge in [0.25, 0.3) is 0 Å². The van der Waals surface area contributed by atoms with Gasteiger partial charge >= 0.3 is 0 Å². The Kier molecular flexibility index (Phi) is 4.39. The zero-order valence-corrected chi connectivity index (χ0v) is 9.82. The molecule has 0 aromatic heterocycles. The van der Waals surface area contributed by atoms with Crippen LogP contribution < -0.4 is 11.5 Å². The second-order valence-electron chi connectivity index (χ2n) is 3.88. The van der Waals surface area contributed by atoms with Crippen molar-refractivity contribution >= 4 is 5.96 Å². The van der Waals surface area contributed by atoms with E-state index >= 15 is 0 Å². The molecule has 1 aromatic carbocycles. The molecule has 0 aliphatic heterocycles. The van der Waals surface area contributed by atoms with E-state index in [1.807, 2.05) is 0 Å². The number of hydrogen-bond donors (Lipinski definition) is 2. The van der Waals surface area contributed by atoms with Crippen LogP contribution in [0.15, 0.2) is 23.2 Å². The van der Waals surface area contributed by atoms with Gasteiger partial charge in [0.05, 0.1) is 12.6 Å². The summed E-state index contributed by atoms with van der Waals surface area (Å²) in [5.74, 6) is -1.31. The maximum absolute atomic E-state index is 13.6. The first kappa shape index (κ1) is 13.4. The van der Waals surface area contributed by atoms with Crippen LogP contribution in [0, 0.1) is 11.6 Å². The molecule has 4 N–H and O–H groups in total. The molecule has 0 radical (unpaired) electrons. The van der Waals surface area contributed by atoms with Gasteiger partial charge in [-0.05, 0) is 26.2 Å². The third kappa shape index (κ3) is 3.39. The minimum Gasteiger partial charge on any atom is -0.370 e. The molecule has 0 saturated carbocycles. The van der Waals surface area contributed by atoms with E-state index in [1.165, 1.54) is 18.2 Å². The highest BCUT2D eigenvalue weighted by atomic mass is 19.1. The van der Waals surface area contributed by atoms with Gasteiger partial charge in [-0.2, -0.15) is 0 Å². The van der Waals surface area contributed by atoms with Crippen molar-refractivity contribution in [1.29, 1.82) is 0 Å². The van der Waals surface area contributed by atoms with Gasteiger partial charge in [0.15, 0.2) is 5.96 Å². The Bertz CT molecular complexity index is 394. The Morgan fingerprint density at radius 2 is 1.82 bits per heavy atom. The lowest BCUT2D eigenvalue weighted by Crippen LogP contribution is -2.28. The molecule has 1 unspecified atom stereocenters. The van der Waals surface area contributed by atoms with Gasteiger partial charge in [-0.15, -0.1) is 0 Å². The van der Waals surface area contributed by atoms with E-state index in [2.05, 4.69) is 4.99 Å². The van der Waals surface area contributed by atoms with Crippen LogP contribution in [0.1, 0.15) is 11.6 Å². The van der Waals surface area contributed by atoms with Gasteiger partial charge in [-0.25, -0.2) is 8.78 Å². The summed E-state index contributed by atoms with van der Waals surface area (Å²) in [7, 11) is 3.41. The minimum atomic E-state index is -0.602. The second kappa shape index (κ2) is 5.58. The second-order valence-corrected chi connectivity index (χ2v) is 3.88. The summed E-state index contributed by atoms with van der Waals surface area (Å²) < 4.78 is 27.2. The van der Waals surface area contributed by atoms with Gasteiger partial charge in [-0.3, -0.25) is 4.99 Å². The van der Waals surface area contributed by atoms with Crippen LogP contribution in [0.25, 0.3) is 0 Å². The predicted molar refractivity (Wildman–Crippen MR) is 63.5 cm³/mol. The maximum Gasteiger partial charge on any atom is 0.185 e. The molecule has 0 heterocycles. The quantitative estimate of drug-likeness (QED) is 0.607. The number of guanidine groups is 1. The van der Waals surface area contributed by atoms with E-state index in [0.717, 1.165) is 0 Å². The van der Waals surface area contributed by atoms with E-state index in [1.54, 1.807) is 19.0 Å². The van der Waals surface area contributed by atoms with Crippen LogP contribution in [-0.2, 0) is 0 Å². The maximum atomic E-state index is 13.6. The van der Waals surface area contributed by atoms with E-state index < -0.39 is 17.7 Å². The predicted octanol–water partition coefficient (Wildman–Crippen LogP) is 0.841. The van der Waals surface area contributed by atoms with Crippen LogP contribution in [0.3, 0.4) is 0 Å². The van der Waals surface area contributed by atoms with Crippen molar-refractivity contribution in [2.45, 2.75) is 6.04 Å². The number of nitrogens with zero attached hydrogens (tertiary/aromatic N) is 2. The van der Waals surface area contributed by atoms with Gasteiger partial charge in [0.2, 0.25) is 0 Å². The van der Waals surface area contributed by atoms with Crippen LogP contribution in [-0.4, -0.2) is 31.5 Å². The zero-order valence-electron chi connectivity index (χ0n) is 9.82. The first-order valence-electron chi connectivity index (χ1n) is 5.09. The van der Waals surface area contributed by atoms with E-state index in [0.29, 0.717) is 0 Å². The molecule has 0 spiro atoms. The standard InChI is InChI=1S/C11H16F2N4/c1-17(2)9(6-16-11(14)15)10-7(12)4-3-5-8(10)13/h3-5,9H,6H2,1-2H3,(H4,14,15,16). The van der Waals surface area contributed by atoms with E-state index in [-0.39, 0.29) is 18.1 Å². The molecule has 6 heteroatoms. The summed E-state index contributed by atoms with van der Waals surface area (Å²) in [5, 5.41) is 0. The number of halogens is 2. The molecule has 1 rings (SSSR count). The molecule has 0 fully saturated rings. The summed E-state index contributed by atoms with van der Waals surface area (Å²) in [5.41, 5.74) is 10.4. The Morgan fingerprint density at radius 3 is 2.24 bits per heavy atom. The molecular weight excluding hydrogens is 226 g/mol. The van der Waals surface area contributed by atoms with Crippen LogP contribution in [0.4, 0.5) is 8.78 Å². The highest BCUT2D eigenvalue weighted by Crippen LogP contribution is 2.24. The molecule has 0 saturated heterocycles. The molecule has 0 aliphatic carbocycles. The lowest BCUT2D eigenvalue weighted by Gasteiger charge is -2.23. The normalized spacial score (nSPS) is 12.5. The summed E-state index contributed by atoms with van der Waals surface area (Å²) in [6.45, 7) is 0.104. The Morgan fingerprint density at radius 1 is 1.29 bits per heavy atom. The van der Waals surface area contributed by atoms with Crippen molar-refractivity contribution < 1.29 is 8.78 Å². The topological polar surface area (TPSA) is 67.6 Å². The summed E-state index contributed by atoms with van der Waals surface area (Å²) in [4.78, 5) is 5.46. The number of hydrogen-bond acceptors (Lipinski definition) is 2. The number of benzene rings is 1. The fourth-order valence-electron chi connectivity index (χ4n) is 1.53. The molecule has 94 valence electrons. The summed E-state index contributed by atoms with van der Waals surface area (Å²) in [6.07, 6.45) is 0. The molecule has 1 atom stereocenters. The first-order valence-corrected chi connectivity index (χ1v) is 5.09. The molecular formula is C11H16F2N4. The van der Waals surface area contributed by atoms with Crippen molar-refractivity contribution in [3.8, 4) is 0 Å². The fraction of sp³-hybridized carbons (Fsp3) is 0.364. The monoisotopic (exact) mass is 242 g/mol. The smallest absolute Gasteiger partial charge is 0.185 e. The molecule has 0 bridgehead atoms. The van der Waals surface area contributed by atoms with Crippen molar-refractivity contribution in [3.63, 3.8) is 0 Å². The van der Waals surface area contributed by atoms with Gasteiger partial charge in [0.1, 0.15) is 11.6 Å². The first-order chi connectivity index (χ1) is 7.93.